The summed E-state index contributed by atoms with van der Waals surface area (Å²) in [6, 6.07) is 16.2. The summed E-state index contributed by atoms with van der Waals surface area (Å²) in [6.07, 6.45) is 0. The van der Waals surface area contributed by atoms with Crippen LogP contribution in [0.4, 0.5) is 5.69 Å². The molecule has 2 aromatic carbocycles. The minimum absolute atomic E-state index is 0. The number of para-hydroxylation sites is 2. The third-order valence-corrected chi connectivity index (χ3v) is 3.74. The van der Waals surface area contributed by atoms with E-state index in [-0.39, 0.29) is 24.0 Å². The van der Waals surface area contributed by atoms with Crippen molar-refractivity contribution in [3.05, 3.63) is 59.9 Å². The number of hydrogen-bond donors (Lipinski definition) is 2. The summed E-state index contributed by atoms with van der Waals surface area (Å²) in [7, 11) is 0. The van der Waals surface area contributed by atoms with Gasteiger partial charge in [-0.15, -0.1) is 24.0 Å². The van der Waals surface area contributed by atoms with Crippen LogP contribution in [0.2, 0.25) is 0 Å². The molecule has 0 aliphatic rings. The predicted octanol–water partition coefficient (Wildman–Crippen LogP) is 3.70. The average Bonchev–Trinajstić information content (AvgIpc) is 2.83. The SMILES string of the molecule is Cc1cccc(NC(N)=NCCn2c(C)nc3ccccc32)c1.I. The molecule has 3 rings (SSSR count). The quantitative estimate of drug-likeness (QED) is 0.373. The summed E-state index contributed by atoms with van der Waals surface area (Å²) in [5.74, 6) is 1.42. The second-order valence-electron chi connectivity index (χ2n) is 5.56. The first kappa shape index (κ1) is 18.3. The van der Waals surface area contributed by atoms with Crippen molar-refractivity contribution in [3.8, 4) is 0 Å². The number of aliphatic imine (C=N–C) groups is 1. The predicted molar refractivity (Wildman–Crippen MR) is 111 cm³/mol. The zero-order chi connectivity index (χ0) is 16.2. The standard InChI is InChI=1S/C18H21N5.HI/c1-13-6-5-7-15(12-13)22-18(19)20-10-11-23-14(2)21-16-8-3-4-9-17(16)23;/h3-9,12H,10-11H2,1-2H3,(H3,19,20,22);1H. The summed E-state index contributed by atoms with van der Waals surface area (Å²) in [5.41, 5.74) is 10.2. The number of fused-ring (bicyclic) bond motifs is 1. The van der Waals surface area contributed by atoms with Crippen LogP contribution < -0.4 is 11.1 Å². The van der Waals surface area contributed by atoms with Crippen LogP contribution in [0, 0.1) is 13.8 Å². The molecule has 5 nitrogen and oxygen atoms in total. The molecule has 0 amide bonds. The molecule has 0 aliphatic heterocycles. The van der Waals surface area contributed by atoms with Crippen molar-refractivity contribution >= 4 is 46.7 Å². The van der Waals surface area contributed by atoms with Gasteiger partial charge in [-0.1, -0.05) is 24.3 Å². The largest absolute Gasteiger partial charge is 0.370 e. The maximum absolute atomic E-state index is 5.96. The van der Waals surface area contributed by atoms with E-state index in [0.717, 1.165) is 29.1 Å². The topological polar surface area (TPSA) is 68.2 Å². The second kappa shape index (κ2) is 8.14. The van der Waals surface area contributed by atoms with Gasteiger partial charge in [0.1, 0.15) is 5.82 Å². The van der Waals surface area contributed by atoms with Crippen LogP contribution in [0.5, 0.6) is 0 Å². The van der Waals surface area contributed by atoms with E-state index in [9.17, 15) is 0 Å². The lowest BCUT2D eigenvalue weighted by Crippen LogP contribution is -2.23. The average molecular weight is 435 g/mol. The Morgan fingerprint density at radius 1 is 1.17 bits per heavy atom. The summed E-state index contributed by atoms with van der Waals surface area (Å²) in [6.45, 7) is 5.41. The van der Waals surface area contributed by atoms with Gasteiger partial charge in [0.15, 0.2) is 5.96 Å². The molecule has 0 unspecified atom stereocenters. The number of guanidine groups is 1. The van der Waals surface area contributed by atoms with Crippen LogP contribution in [-0.2, 0) is 6.54 Å². The number of anilines is 1. The molecule has 3 aromatic rings. The van der Waals surface area contributed by atoms with Crippen LogP contribution in [0.1, 0.15) is 11.4 Å². The fourth-order valence-electron chi connectivity index (χ4n) is 2.66. The maximum atomic E-state index is 5.96. The molecule has 0 aliphatic carbocycles. The summed E-state index contributed by atoms with van der Waals surface area (Å²) in [4.78, 5) is 8.96. The van der Waals surface area contributed by atoms with Gasteiger partial charge < -0.3 is 15.6 Å². The highest BCUT2D eigenvalue weighted by atomic mass is 127. The zero-order valence-electron chi connectivity index (χ0n) is 13.9. The van der Waals surface area contributed by atoms with Gasteiger partial charge in [-0.05, 0) is 43.7 Å². The highest BCUT2D eigenvalue weighted by molar-refractivity contribution is 14.0. The van der Waals surface area contributed by atoms with E-state index in [1.807, 2.05) is 56.3 Å². The van der Waals surface area contributed by atoms with Crippen LogP contribution >= 0.6 is 24.0 Å². The third-order valence-electron chi connectivity index (χ3n) is 3.74. The Morgan fingerprint density at radius 2 is 1.96 bits per heavy atom. The first-order valence-electron chi connectivity index (χ1n) is 7.69. The molecule has 0 saturated heterocycles. The number of imidazole rings is 1. The van der Waals surface area contributed by atoms with Crippen molar-refractivity contribution in [1.82, 2.24) is 9.55 Å². The molecule has 0 saturated carbocycles. The lowest BCUT2D eigenvalue weighted by atomic mass is 10.2. The lowest BCUT2D eigenvalue weighted by Gasteiger charge is -2.08. The van der Waals surface area contributed by atoms with E-state index in [1.165, 1.54) is 5.56 Å². The molecule has 0 atom stereocenters. The molecule has 1 heterocycles. The fraction of sp³-hybridized carbons (Fsp3) is 0.222. The third kappa shape index (κ3) is 4.25. The van der Waals surface area contributed by atoms with Crippen LogP contribution in [0.25, 0.3) is 11.0 Å². The second-order valence-corrected chi connectivity index (χ2v) is 5.56. The highest BCUT2D eigenvalue weighted by Crippen LogP contribution is 2.15. The van der Waals surface area contributed by atoms with Crippen molar-refractivity contribution in [2.75, 3.05) is 11.9 Å². The summed E-state index contributed by atoms with van der Waals surface area (Å²) in [5, 5.41) is 3.12. The van der Waals surface area contributed by atoms with Gasteiger partial charge in [0.2, 0.25) is 0 Å². The van der Waals surface area contributed by atoms with E-state index >= 15 is 0 Å². The Hall–Kier alpha value is -2.09. The molecule has 0 radical (unpaired) electrons. The number of aromatic nitrogens is 2. The first-order valence-corrected chi connectivity index (χ1v) is 7.69. The first-order chi connectivity index (χ1) is 11.1. The molecule has 0 bridgehead atoms. The van der Waals surface area contributed by atoms with Gasteiger partial charge in [0.25, 0.3) is 0 Å². The number of nitrogens with two attached hydrogens (primary N) is 1. The van der Waals surface area contributed by atoms with Gasteiger partial charge in [0, 0.05) is 12.2 Å². The van der Waals surface area contributed by atoms with E-state index in [4.69, 9.17) is 5.73 Å². The summed E-state index contributed by atoms with van der Waals surface area (Å²) >= 11 is 0. The smallest absolute Gasteiger partial charge is 0.193 e. The lowest BCUT2D eigenvalue weighted by molar-refractivity contribution is 0.704. The van der Waals surface area contributed by atoms with Gasteiger partial charge >= 0.3 is 0 Å². The summed E-state index contributed by atoms with van der Waals surface area (Å²) < 4.78 is 2.17. The Labute approximate surface area is 159 Å². The maximum Gasteiger partial charge on any atom is 0.193 e. The van der Waals surface area contributed by atoms with Crippen molar-refractivity contribution < 1.29 is 0 Å². The van der Waals surface area contributed by atoms with Crippen molar-refractivity contribution in [1.29, 1.82) is 0 Å². The van der Waals surface area contributed by atoms with E-state index in [0.29, 0.717) is 12.5 Å². The highest BCUT2D eigenvalue weighted by Gasteiger charge is 2.05. The molecule has 126 valence electrons. The normalized spacial score (nSPS) is 11.3. The monoisotopic (exact) mass is 435 g/mol. The minimum Gasteiger partial charge on any atom is -0.370 e. The number of benzene rings is 2. The molecule has 1 aromatic heterocycles. The van der Waals surface area contributed by atoms with Crippen LogP contribution in [0.3, 0.4) is 0 Å². The molecule has 6 heteroatoms. The van der Waals surface area contributed by atoms with Gasteiger partial charge in [-0.2, -0.15) is 0 Å². The van der Waals surface area contributed by atoms with Gasteiger partial charge in [-0.25, -0.2) is 4.98 Å². The minimum atomic E-state index is 0. The zero-order valence-corrected chi connectivity index (χ0v) is 16.2. The Bertz CT molecular complexity index is 853. The molecule has 3 N–H and O–H groups in total. The number of hydrogen-bond acceptors (Lipinski definition) is 2. The number of rotatable bonds is 4. The molecular weight excluding hydrogens is 413 g/mol. The number of halogens is 1. The van der Waals surface area contributed by atoms with Gasteiger partial charge in [-0.3, -0.25) is 4.99 Å². The van der Waals surface area contributed by atoms with E-state index < -0.39 is 0 Å². The van der Waals surface area contributed by atoms with Crippen LogP contribution in [0.15, 0.2) is 53.5 Å². The van der Waals surface area contributed by atoms with E-state index in [2.05, 4.69) is 25.9 Å². The molecule has 24 heavy (non-hydrogen) atoms. The van der Waals surface area contributed by atoms with E-state index in [1.54, 1.807) is 0 Å². The van der Waals surface area contributed by atoms with Crippen LogP contribution in [-0.4, -0.2) is 22.1 Å². The Morgan fingerprint density at radius 3 is 2.75 bits per heavy atom. The number of nitrogens with zero attached hydrogens (tertiary/aromatic N) is 3. The van der Waals surface area contributed by atoms with Gasteiger partial charge in [0.05, 0.1) is 17.6 Å². The number of aryl methyl sites for hydroxylation is 2. The van der Waals surface area contributed by atoms with Crippen molar-refractivity contribution in [2.45, 2.75) is 20.4 Å². The molecule has 0 fully saturated rings. The Kier molecular flexibility index (Phi) is 6.19. The molecular formula is C18H22IN5. The Balaban J connectivity index is 0.00000208. The molecule has 0 spiro atoms. The fourth-order valence-corrected chi connectivity index (χ4v) is 2.66. The van der Waals surface area contributed by atoms with Crippen molar-refractivity contribution in [2.24, 2.45) is 10.7 Å². The van der Waals surface area contributed by atoms with Crippen molar-refractivity contribution in [3.63, 3.8) is 0 Å². The number of nitrogens with one attached hydrogen (secondary N) is 1.